The van der Waals surface area contributed by atoms with E-state index in [2.05, 4.69) is 11.8 Å². The normalized spacial score (nSPS) is 16.6. The smallest absolute Gasteiger partial charge is 0.152 e. The molecule has 0 amide bonds. The number of hydrogen-bond donors (Lipinski definition) is 1. The number of rotatable bonds is 1. The molecule has 1 N–H and O–H groups in total. The zero-order chi connectivity index (χ0) is 8.81. The lowest BCUT2D eigenvalue weighted by molar-refractivity contribution is 0.397. The molecule has 3 nitrogen and oxygen atoms in total. The lowest BCUT2D eigenvalue weighted by Gasteiger charge is -2.14. The van der Waals surface area contributed by atoms with Crippen molar-refractivity contribution >= 4 is 0 Å². The molecule has 0 aromatic rings. The molecule has 1 aliphatic heterocycles. The van der Waals surface area contributed by atoms with Crippen LogP contribution in [0.1, 0.15) is 12.8 Å². The summed E-state index contributed by atoms with van der Waals surface area (Å²) in [5.41, 5.74) is 0.550. The quantitative estimate of drug-likeness (QED) is 0.462. The highest BCUT2D eigenvalue weighted by Gasteiger charge is 2.12. The predicted molar refractivity (Wildman–Crippen MR) is 44.9 cm³/mol. The van der Waals surface area contributed by atoms with Crippen LogP contribution in [0.25, 0.3) is 0 Å². The highest BCUT2D eigenvalue weighted by Crippen LogP contribution is 2.12. The first kappa shape index (κ1) is 8.49. The summed E-state index contributed by atoms with van der Waals surface area (Å²) in [4.78, 5) is 1.98. The molecular weight excluding hydrogens is 152 g/mol. The summed E-state index contributed by atoms with van der Waals surface area (Å²) in [6, 6.07) is 1.72. The monoisotopic (exact) mass is 162 g/mol. The molecule has 12 heavy (non-hydrogen) atoms. The average molecular weight is 162 g/mol. The Morgan fingerprint density at radius 3 is 2.58 bits per heavy atom. The molecule has 0 aromatic carbocycles. The fourth-order valence-electron chi connectivity index (χ4n) is 1.24. The molecule has 0 aromatic heterocycles. The molecule has 0 unspecified atom stereocenters. The number of nitriles is 1. The van der Waals surface area contributed by atoms with Crippen LogP contribution < -0.4 is 0 Å². The summed E-state index contributed by atoms with van der Waals surface area (Å²) >= 11 is 0. The Morgan fingerprint density at radius 2 is 2.08 bits per heavy atom. The number of hydrogen-bond acceptors (Lipinski definition) is 3. The summed E-state index contributed by atoms with van der Waals surface area (Å²) < 4.78 is 0. The van der Waals surface area contributed by atoms with Crippen LogP contribution >= 0.6 is 0 Å². The molecule has 3 heteroatoms. The van der Waals surface area contributed by atoms with E-state index in [1.165, 1.54) is 0 Å². The van der Waals surface area contributed by atoms with E-state index < -0.39 is 0 Å². The number of aliphatic hydroxyl groups excluding tert-OH is 1. The Bertz CT molecular complexity index is 271. The zero-order valence-electron chi connectivity index (χ0n) is 6.75. The van der Waals surface area contributed by atoms with E-state index in [9.17, 15) is 0 Å². The molecule has 0 aliphatic carbocycles. The fraction of sp³-hybridized carbons (Fsp3) is 0.444. The third-order valence-corrected chi connectivity index (χ3v) is 1.82. The maximum Gasteiger partial charge on any atom is 0.152 e. The van der Waals surface area contributed by atoms with Gasteiger partial charge in [-0.1, -0.05) is 0 Å². The van der Waals surface area contributed by atoms with Crippen molar-refractivity contribution in [3.05, 3.63) is 12.0 Å². The highest BCUT2D eigenvalue weighted by molar-refractivity contribution is 5.32. The first-order valence-electron chi connectivity index (χ1n) is 3.88. The summed E-state index contributed by atoms with van der Waals surface area (Å²) in [5.74, 6) is 4.85. The molecule has 0 spiro atoms. The molecule has 1 rings (SSSR count). The van der Waals surface area contributed by atoms with Crippen LogP contribution in [0.4, 0.5) is 0 Å². The molecule has 1 saturated heterocycles. The molecule has 0 atom stereocenters. The van der Waals surface area contributed by atoms with Crippen molar-refractivity contribution in [2.24, 2.45) is 0 Å². The van der Waals surface area contributed by atoms with Crippen molar-refractivity contribution in [1.29, 1.82) is 5.26 Å². The maximum absolute atomic E-state index is 8.80. The van der Waals surface area contributed by atoms with Crippen LogP contribution in [-0.2, 0) is 0 Å². The van der Waals surface area contributed by atoms with Gasteiger partial charge in [-0.25, -0.2) is 0 Å². The maximum atomic E-state index is 8.80. The minimum Gasteiger partial charge on any atom is -0.513 e. The molecule has 0 bridgehead atoms. The van der Waals surface area contributed by atoms with Crippen molar-refractivity contribution in [3.63, 3.8) is 0 Å². The molecule has 0 saturated carbocycles. The zero-order valence-corrected chi connectivity index (χ0v) is 6.75. The van der Waals surface area contributed by atoms with E-state index in [0.29, 0.717) is 5.70 Å². The van der Waals surface area contributed by atoms with Crippen molar-refractivity contribution in [1.82, 2.24) is 4.90 Å². The van der Waals surface area contributed by atoms with Gasteiger partial charge in [0.1, 0.15) is 12.0 Å². The summed E-state index contributed by atoms with van der Waals surface area (Å²) in [7, 11) is 0. The van der Waals surface area contributed by atoms with E-state index in [0.717, 1.165) is 32.2 Å². The summed E-state index contributed by atoms with van der Waals surface area (Å²) in [5, 5.41) is 17.0. The van der Waals surface area contributed by atoms with Gasteiger partial charge in [-0.3, -0.25) is 0 Å². The second kappa shape index (κ2) is 4.31. The van der Waals surface area contributed by atoms with Crippen molar-refractivity contribution in [2.75, 3.05) is 13.1 Å². The van der Waals surface area contributed by atoms with Gasteiger partial charge < -0.3 is 10.0 Å². The Kier molecular flexibility index (Phi) is 3.04. The minimum absolute atomic E-state index is 0.550. The molecule has 1 fully saturated rings. The topological polar surface area (TPSA) is 47.3 Å². The van der Waals surface area contributed by atoms with Crippen LogP contribution in [0, 0.1) is 23.2 Å². The highest BCUT2D eigenvalue weighted by atomic mass is 16.2. The second-order valence-electron chi connectivity index (χ2n) is 2.57. The van der Waals surface area contributed by atoms with E-state index in [4.69, 9.17) is 10.4 Å². The Hall–Kier alpha value is -1.61. The Balaban J connectivity index is 2.63. The Morgan fingerprint density at radius 1 is 1.42 bits per heavy atom. The third-order valence-electron chi connectivity index (χ3n) is 1.82. The molecule has 1 heterocycles. The number of allylic oxidation sites excluding steroid dienone is 1. The minimum atomic E-state index is 0.550. The third kappa shape index (κ3) is 1.93. The molecular formula is C9H10N2O. The van der Waals surface area contributed by atoms with Gasteiger partial charge in [-0.2, -0.15) is 5.26 Å². The Labute approximate surface area is 71.9 Å². The average Bonchev–Trinajstić information content (AvgIpc) is 2.59. The first-order chi connectivity index (χ1) is 5.88. The molecule has 0 radical (unpaired) electrons. The largest absolute Gasteiger partial charge is 0.513 e. The van der Waals surface area contributed by atoms with E-state index >= 15 is 0 Å². The van der Waals surface area contributed by atoms with Gasteiger partial charge in [-0.15, -0.1) is 0 Å². The summed E-state index contributed by atoms with van der Waals surface area (Å²) in [6.45, 7) is 1.85. The van der Waals surface area contributed by atoms with Crippen LogP contribution in [0.5, 0.6) is 0 Å². The van der Waals surface area contributed by atoms with Crippen LogP contribution in [0.15, 0.2) is 12.0 Å². The van der Waals surface area contributed by atoms with E-state index in [-0.39, 0.29) is 0 Å². The van der Waals surface area contributed by atoms with Crippen molar-refractivity contribution < 1.29 is 5.11 Å². The SMILES string of the molecule is N#CC#CC(=CO)N1CCCC1. The van der Waals surface area contributed by atoms with E-state index in [1.807, 2.05) is 4.90 Å². The lowest BCUT2D eigenvalue weighted by atomic mass is 10.4. The van der Waals surface area contributed by atoms with Crippen LogP contribution in [0.2, 0.25) is 0 Å². The van der Waals surface area contributed by atoms with Gasteiger partial charge in [0.05, 0.1) is 0 Å². The second-order valence-corrected chi connectivity index (χ2v) is 2.57. The van der Waals surface area contributed by atoms with Crippen molar-refractivity contribution in [2.45, 2.75) is 12.8 Å². The van der Waals surface area contributed by atoms with Crippen LogP contribution in [0.3, 0.4) is 0 Å². The van der Waals surface area contributed by atoms with Gasteiger partial charge in [0.25, 0.3) is 0 Å². The molecule has 62 valence electrons. The number of aliphatic hydroxyl groups is 1. The predicted octanol–water partition coefficient (Wildman–Crippen LogP) is 1.01. The molecule has 1 aliphatic rings. The van der Waals surface area contributed by atoms with Crippen molar-refractivity contribution in [3.8, 4) is 17.9 Å². The van der Waals surface area contributed by atoms with E-state index in [1.54, 1.807) is 6.07 Å². The van der Waals surface area contributed by atoms with Crippen LogP contribution in [-0.4, -0.2) is 23.1 Å². The standard InChI is InChI=1S/C9H10N2O/c10-5-3-4-9(8-12)11-6-1-2-7-11/h8,12H,1-2,6-7H2. The number of nitrogens with zero attached hydrogens (tertiary/aromatic N) is 2. The summed E-state index contributed by atoms with van der Waals surface area (Å²) in [6.07, 6.45) is 3.23. The first-order valence-corrected chi connectivity index (χ1v) is 3.88. The van der Waals surface area contributed by atoms with Gasteiger partial charge in [-0.05, 0) is 18.8 Å². The van der Waals surface area contributed by atoms with Gasteiger partial charge in [0.2, 0.25) is 0 Å². The lowest BCUT2D eigenvalue weighted by Crippen LogP contribution is -2.17. The van der Waals surface area contributed by atoms with Gasteiger partial charge in [0, 0.05) is 19.0 Å². The fourth-order valence-corrected chi connectivity index (χ4v) is 1.24. The van der Waals surface area contributed by atoms with Gasteiger partial charge in [0.15, 0.2) is 6.07 Å². The van der Waals surface area contributed by atoms with Gasteiger partial charge >= 0.3 is 0 Å². The number of likely N-dealkylation sites (tertiary alicyclic amines) is 1.